The van der Waals surface area contributed by atoms with Crippen molar-refractivity contribution in [2.45, 2.75) is 25.1 Å². The second-order valence-electron chi connectivity index (χ2n) is 7.10. The topological polar surface area (TPSA) is 77.6 Å². The number of amides is 1. The Labute approximate surface area is 162 Å². The number of nitrogens with one attached hydrogen (secondary N) is 1. The number of fused-ring (bicyclic) bond motifs is 3. The summed E-state index contributed by atoms with van der Waals surface area (Å²) in [5.74, 6) is -0.157. The van der Waals surface area contributed by atoms with Gasteiger partial charge in [-0.15, -0.1) is 5.10 Å². The lowest BCUT2D eigenvalue weighted by Gasteiger charge is -2.10. The van der Waals surface area contributed by atoms with E-state index in [4.69, 9.17) is 0 Å². The molecule has 29 heavy (non-hydrogen) atoms. The number of aryl methyl sites for hydroxylation is 1. The number of halogens is 3. The minimum absolute atomic E-state index is 0.157. The van der Waals surface area contributed by atoms with Gasteiger partial charge >= 0.3 is 6.18 Å². The van der Waals surface area contributed by atoms with Gasteiger partial charge in [0.25, 0.3) is 5.91 Å². The number of alkyl halides is 3. The molecule has 148 valence electrons. The van der Waals surface area contributed by atoms with E-state index in [2.05, 4.69) is 20.6 Å². The number of carbonyl (C=O) groups excluding carboxylic acids is 1. The van der Waals surface area contributed by atoms with Crippen molar-refractivity contribution < 1.29 is 18.0 Å². The van der Waals surface area contributed by atoms with E-state index >= 15 is 0 Å². The van der Waals surface area contributed by atoms with E-state index in [1.807, 2.05) is 0 Å². The van der Waals surface area contributed by atoms with E-state index in [0.717, 1.165) is 18.9 Å². The third kappa shape index (κ3) is 2.91. The molecule has 7 nitrogen and oxygen atoms in total. The summed E-state index contributed by atoms with van der Waals surface area (Å²) in [4.78, 5) is 16.0. The first-order valence-electron chi connectivity index (χ1n) is 9.01. The zero-order valence-corrected chi connectivity index (χ0v) is 15.2. The van der Waals surface area contributed by atoms with E-state index in [9.17, 15) is 18.0 Å². The van der Waals surface area contributed by atoms with Crippen LogP contribution in [-0.2, 0) is 13.2 Å². The fourth-order valence-electron chi connectivity index (χ4n) is 3.40. The molecule has 0 spiro atoms. The highest BCUT2D eigenvalue weighted by Gasteiger charge is 2.32. The van der Waals surface area contributed by atoms with Crippen molar-refractivity contribution in [3.05, 3.63) is 47.8 Å². The van der Waals surface area contributed by atoms with Gasteiger partial charge in [-0.25, -0.2) is 9.67 Å². The number of aromatic nitrogens is 5. The average Bonchev–Trinajstić information content (AvgIpc) is 3.33. The molecule has 1 aliphatic carbocycles. The molecule has 0 aliphatic heterocycles. The molecule has 1 fully saturated rings. The quantitative estimate of drug-likeness (QED) is 0.573. The molecule has 1 saturated carbocycles. The molecule has 0 radical (unpaired) electrons. The molecule has 1 aliphatic rings. The largest absolute Gasteiger partial charge is 0.433 e. The molecule has 10 heteroatoms. The number of rotatable bonds is 3. The lowest BCUT2D eigenvalue weighted by molar-refractivity contribution is -0.141. The Morgan fingerprint density at radius 3 is 2.66 bits per heavy atom. The second-order valence-corrected chi connectivity index (χ2v) is 7.10. The zero-order valence-electron chi connectivity index (χ0n) is 15.2. The van der Waals surface area contributed by atoms with Crippen LogP contribution in [0.15, 0.2) is 36.5 Å². The molecule has 5 rings (SSSR count). The van der Waals surface area contributed by atoms with Gasteiger partial charge in [0.15, 0.2) is 5.65 Å². The van der Waals surface area contributed by atoms with Crippen molar-refractivity contribution in [2.75, 3.05) is 0 Å². The third-order valence-electron chi connectivity index (χ3n) is 4.97. The normalized spacial score (nSPS) is 14.6. The summed E-state index contributed by atoms with van der Waals surface area (Å²) in [6, 6.07) is 7.72. The van der Waals surface area contributed by atoms with Crippen LogP contribution >= 0.6 is 0 Å². The Bertz CT molecular complexity index is 1250. The van der Waals surface area contributed by atoms with Crippen LogP contribution < -0.4 is 5.32 Å². The number of carbonyl (C=O) groups is 1. The van der Waals surface area contributed by atoms with E-state index in [1.54, 1.807) is 29.8 Å². The summed E-state index contributed by atoms with van der Waals surface area (Å²) < 4.78 is 41.9. The fourth-order valence-corrected chi connectivity index (χ4v) is 3.40. The SMILES string of the molecule is Cn1nnc2c3cc(C(=O)NC4CC4)ccc3n(-c3ccc(C(F)(F)F)nc3)c21. The van der Waals surface area contributed by atoms with Crippen LogP contribution in [0, 0.1) is 0 Å². The van der Waals surface area contributed by atoms with Crippen molar-refractivity contribution in [1.29, 1.82) is 0 Å². The number of benzene rings is 1. The monoisotopic (exact) mass is 400 g/mol. The molecule has 0 saturated heterocycles. The third-order valence-corrected chi connectivity index (χ3v) is 4.97. The van der Waals surface area contributed by atoms with Crippen LogP contribution in [0.3, 0.4) is 0 Å². The zero-order chi connectivity index (χ0) is 20.3. The van der Waals surface area contributed by atoms with Gasteiger partial charge in [-0.1, -0.05) is 5.21 Å². The van der Waals surface area contributed by atoms with E-state index in [0.29, 0.717) is 33.3 Å². The summed E-state index contributed by atoms with van der Waals surface area (Å²) in [5.41, 5.74) is 1.84. The maximum Gasteiger partial charge on any atom is 0.433 e. The lowest BCUT2D eigenvalue weighted by Crippen LogP contribution is -2.25. The van der Waals surface area contributed by atoms with E-state index in [-0.39, 0.29) is 11.9 Å². The van der Waals surface area contributed by atoms with Crippen LogP contribution in [-0.4, -0.2) is 36.5 Å². The standard InChI is InChI=1S/C19H15F3N6O/c1-27-18-16(25-26-27)13-8-10(17(29)24-11-3-4-11)2-6-14(13)28(18)12-5-7-15(23-9-12)19(20,21)22/h2,5-9,11H,3-4H2,1H3,(H,24,29). The highest BCUT2D eigenvalue weighted by molar-refractivity contribution is 6.09. The molecule has 1 aromatic carbocycles. The van der Waals surface area contributed by atoms with Crippen molar-refractivity contribution in [3.63, 3.8) is 0 Å². The van der Waals surface area contributed by atoms with Crippen molar-refractivity contribution in [2.24, 2.45) is 7.05 Å². The summed E-state index contributed by atoms with van der Waals surface area (Å²) in [5, 5.41) is 11.8. The van der Waals surface area contributed by atoms with Gasteiger partial charge in [0.2, 0.25) is 0 Å². The van der Waals surface area contributed by atoms with Crippen LogP contribution in [0.25, 0.3) is 27.8 Å². The van der Waals surface area contributed by atoms with Gasteiger partial charge in [-0.3, -0.25) is 9.36 Å². The molecule has 1 amide bonds. The molecule has 3 heterocycles. The highest BCUT2D eigenvalue weighted by Crippen LogP contribution is 2.32. The number of hydrogen-bond donors (Lipinski definition) is 1. The molecule has 0 unspecified atom stereocenters. The Kier molecular flexibility index (Phi) is 3.67. The van der Waals surface area contributed by atoms with Crippen LogP contribution in [0.5, 0.6) is 0 Å². The summed E-state index contributed by atoms with van der Waals surface area (Å²) >= 11 is 0. The van der Waals surface area contributed by atoms with Crippen LogP contribution in [0.2, 0.25) is 0 Å². The molecule has 4 aromatic rings. The highest BCUT2D eigenvalue weighted by atomic mass is 19.4. The van der Waals surface area contributed by atoms with Gasteiger partial charge in [-0.2, -0.15) is 13.2 Å². The Balaban J connectivity index is 1.67. The van der Waals surface area contributed by atoms with Gasteiger partial charge < -0.3 is 5.32 Å². The van der Waals surface area contributed by atoms with Crippen molar-refractivity contribution in [1.82, 2.24) is 29.9 Å². The molecular weight excluding hydrogens is 385 g/mol. The molecule has 0 atom stereocenters. The van der Waals surface area contributed by atoms with Gasteiger partial charge in [0, 0.05) is 24.0 Å². The minimum atomic E-state index is -4.51. The average molecular weight is 400 g/mol. The van der Waals surface area contributed by atoms with E-state index in [1.165, 1.54) is 16.9 Å². The first-order chi connectivity index (χ1) is 13.8. The molecule has 1 N–H and O–H groups in total. The first-order valence-corrected chi connectivity index (χ1v) is 9.01. The van der Waals surface area contributed by atoms with Crippen LogP contribution in [0.4, 0.5) is 13.2 Å². The maximum absolute atomic E-state index is 12.9. The Morgan fingerprint density at radius 2 is 2.00 bits per heavy atom. The number of nitrogens with zero attached hydrogens (tertiary/aromatic N) is 5. The number of hydrogen-bond acceptors (Lipinski definition) is 4. The van der Waals surface area contributed by atoms with E-state index < -0.39 is 11.9 Å². The first kappa shape index (κ1) is 17.7. The molecule has 0 bridgehead atoms. The predicted octanol–water partition coefficient (Wildman–Crippen LogP) is 3.22. The fraction of sp³-hybridized carbons (Fsp3) is 0.263. The maximum atomic E-state index is 12.9. The van der Waals surface area contributed by atoms with Crippen LogP contribution in [0.1, 0.15) is 28.9 Å². The molecule has 3 aromatic heterocycles. The van der Waals surface area contributed by atoms with Crippen molar-refractivity contribution in [3.8, 4) is 5.69 Å². The smallest absolute Gasteiger partial charge is 0.349 e. The Hall–Kier alpha value is -3.43. The van der Waals surface area contributed by atoms with Crippen molar-refractivity contribution >= 4 is 28.0 Å². The predicted molar refractivity (Wildman–Crippen MR) is 98.6 cm³/mol. The summed E-state index contributed by atoms with van der Waals surface area (Å²) in [6.07, 6.45) is -1.37. The summed E-state index contributed by atoms with van der Waals surface area (Å²) in [6.45, 7) is 0. The van der Waals surface area contributed by atoms with Gasteiger partial charge in [0.05, 0.1) is 17.4 Å². The Morgan fingerprint density at radius 1 is 1.21 bits per heavy atom. The lowest BCUT2D eigenvalue weighted by atomic mass is 10.1. The summed E-state index contributed by atoms with van der Waals surface area (Å²) in [7, 11) is 1.70. The van der Waals surface area contributed by atoms with Gasteiger partial charge in [-0.05, 0) is 43.2 Å². The number of pyridine rings is 1. The minimum Gasteiger partial charge on any atom is -0.349 e. The van der Waals surface area contributed by atoms with Gasteiger partial charge in [0.1, 0.15) is 11.2 Å². The second kappa shape index (κ2) is 6.03. The molecular formula is C19H15F3N6O.